The molecule has 12 heavy (non-hydrogen) atoms. The lowest BCUT2D eigenvalue weighted by atomic mass is 9.86. The molecule has 0 N–H and O–H groups in total. The van der Waals surface area contributed by atoms with Gasteiger partial charge < -0.3 is 9.64 Å². The molecule has 2 bridgehead atoms. The number of piperidine rings is 3. The van der Waals surface area contributed by atoms with E-state index in [1.54, 1.807) is 0 Å². The second kappa shape index (κ2) is 3.47. The monoisotopic (exact) mass is 165 g/mol. The number of hydrogen-bond donors (Lipinski definition) is 0. The van der Waals surface area contributed by atoms with Gasteiger partial charge in [-0.3, -0.25) is 0 Å². The first-order chi connectivity index (χ1) is 5.90. The quantitative estimate of drug-likeness (QED) is 0.559. The van der Waals surface area contributed by atoms with E-state index in [9.17, 15) is 0 Å². The van der Waals surface area contributed by atoms with Gasteiger partial charge in [0.25, 0.3) is 0 Å². The summed E-state index contributed by atoms with van der Waals surface area (Å²) in [6.07, 6.45) is 8.18. The summed E-state index contributed by atoms with van der Waals surface area (Å²) in [6, 6.07) is 0. The summed E-state index contributed by atoms with van der Waals surface area (Å²) in [6.45, 7) is 4.11. The molecule has 66 valence electrons. The SMILES string of the molecule is C#CCO[C@H]1CN2CCC1CC2. The van der Waals surface area contributed by atoms with Crippen molar-refractivity contribution in [3.05, 3.63) is 0 Å². The first-order valence-corrected chi connectivity index (χ1v) is 4.67. The van der Waals surface area contributed by atoms with Crippen molar-refractivity contribution >= 4 is 0 Å². The Balaban J connectivity index is 1.87. The summed E-state index contributed by atoms with van der Waals surface area (Å²) in [5.74, 6) is 3.31. The summed E-state index contributed by atoms with van der Waals surface area (Å²) >= 11 is 0. The van der Waals surface area contributed by atoms with Gasteiger partial charge in [-0.2, -0.15) is 0 Å². The van der Waals surface area contributed by atoms with E-state index in [2.05, 4.69) is 10.8 Å². The Morgan fingerprint density at radius 2 is 2.17 bits per heavy atom. The van der Waals surface area contributed by atoms with Crippen molar-refractivity contribution in [3.63, 3.8) is 0 Å². The van der Waals surface area contributed by atoms with Gasteiger partial charge in [-0.25, -0.2) is 0 Å². The minimum absolute atomic E-state index is 0.420. The average molecular weight is 165 g/mol. The van der Waals surface area contributed by atoms with Crippen LogP contribution in [0.1, 0.15) is 12.8 Å². The highest BCUT2D eigenvalue weighted by atomic mass is 16.5. The smallest absolute Gasteiger partial charge is 0.107 e. The number of ether oxygens (including phenoxy) is 1. The molecule has 3 fully saturated rings. The van der Waals surface area contributed by atoms with Crippen LogP contribution >= 0.6 is 0 Å². The standard InChI is InChI=1S/C10H15NO/c1-2-7-12-10-8-11-5-3-9(10)4-6-11/h1,9-10H,3-8H2/t10-/m0/s1. The summed E-state index contributed by atoms with van der Waals surface area (Å²) in [7, 11) is 0. The molecule has 0 spiro atoms. The van der Waals surface area contributed by atoms with Crippen LogP contribution in [-0.2, 0) is 4.74 Å². The number of terminal acetylenes is 1. The van der Waals surface area contributed by atoms with Gasteiger partial charge in [-0.15, -0.1) is 6.42 Å². The molecule has 0 aromatic carbocycles. The average Bonchev–Trinajstić information content (AvgIpc) is 2.17. The largest absolute Gasteiger partial charge is 0.364 e. The van der Waals surface area contributed by atoms with E-state index >= 15 is 0 Å². The van der Waals surface area contributed by atoms with E-state index in [-0.39, 0.29) is 0 Å². The van der Waals surface area contributed by atoms with Gasteiger partial charge in [0, 0.05) is 6.54 Å². The molecule has 0 unspecified atom stereocenters. The van der Waals surface area contributed by atoms with Crippen molar-refractivity contribution < 1.29 is 4.74 Å². The van der Waals surface area contributed by atoms with Crippen LogP contribution in [0.2, 0.25) is 0 Å². The molecule has 2 heteroatoms. The Labute approximate surface area is 73.9 Å². The van der Waals surface area contributed by atoms with E-state index in [0.29, 0.717) is 12.7 Å². The van der Waals surface area contributed by atoms with Crippen molar-refractivity contribution in [2.75, 3.05) is 26.2 Å². The van der Waals surface area contributed by atoms with Gasteiger partial charge in [0.05, 0.1) is 6.10 Å². The Morgan fingerprint density at radius 1 is 1.42 bits per heavy atom. The molecule has 1 atom stereocenters. The highest BCUT2D eigenvalue weighted by molar-refractivity contribution is 4.90. The molecule has 0 aromatic rings. The van der Waals surface area contributed by atoms with Crippen LogP contribution in [-0.4, -0.2) is 37.2 Å². The molecule has 3 aliphatic heterocycles. The molecule has 3 aliphatic rings. The Hall–Kier alpha value is -0.520. The summed E-state index contributed by atoms with van der Waals surface area (Å²) in [4.78, 5) is 2.47. The van der Waals surface area contributed by atoms with E-state index < -0.39 is 0 Å². The highest BCUT2D eigenvalue weighted by Crippen LogP contribution is 2.29. The topological polar surface area (TPSA) is 12.5 Å². The first-order valence-electron chi connectivity index (χ1n) is 4.67. The molecular formula is C10H15NO. The lowest BCUT2D eigenvalue weighted by Crippen LogP contribution is -2.51. The third-order valence-electron chi connectivity index (χ3n) is 2.98. The zero-order chi connectivity index (χ0) is 8.39. The van der Waals surface area contributed by atoms with Gasteiger partial charge in [0.1, 0.15) is 6.61 Å². The van der Waals surface area contributed by atoms with Gasteiger partial charge in [0.2, 0.25) is 0 Å². The lowest BCUT2D eigenvalue weighted by molar-refractivity contribution is -0.0588. The lowest BCUT2D eigenvalue weighted by Gasteiger charge is -2.44. The van der Waals surface area contributed by atoms with Gasteiger partial charge >= 0.3 is 0 Å². The normalized spacial score (nSPS) is 39.4. The van der Waals surface area contributed by atoms with E-state index in [1.165, 1.54) is 25.9 Å². The predicted molar refractivity (Wildman–Crippen MR) is 47.7 cm³/mol. The Kier molecular flexibility index (Phi) is 2.34. The van der Waals surface area contributed by atoms with Crippen LogP contribution in [0.4, 0.5) is 0 Å². The maximum Gasteiger partial charge on any atom is 0.107 e. The maximum absolute atomic E-state index is 5.59. The highest BCUT2D eigenvalue weighted by Gasteiger charge is 2.34. The maximum atomic E-state index is 5.59. The first kappa shape index (κ1) is 8.10. The van der Waals surface area contributed by atoms with Crippen LogP contribution in [0.25, 0.3) is 0 Å². The number of fused-ring (bicyclic) bond motifs is 3. The third-order valence-corrected chi connectivity index (χ3v) is 2.98. The van der Waals surface area contributed by atoms with E-state index in [0.717, 1.165) is 12.5 Å². The molecule has 0 aromatic heterocycles. The minimum Gasteiger partial charge on any atom is -0.364 e. The van der Waals surface area contributed by atoms with Crippen LogP contribution in [0.5, 0.6) is 0 Å². The molecule has 2 nitrogen and oxygen atoms in total. The Bertz CT molecular complexity index is 189. The van der Waals surface area contributed by atoms with Crippen LogP contribution in [0, 0.1) is 18.3 Å². The number of hydrogen-bond acceptors (Lipinski definition) is 2. The molecule has 0 radical (unpaired) electrons. The second-order valence-electron chi connectivity index (χ2n) is 3.69. The Morgan fingerprint density at radius 3 is 2.67 bits per heavy atom. The number of nitrogens with zero attached hydrogens (tertiary/aromatic N) is 1. The summed E-state index contributed by atoms with van der Waals surface area (Å²) in [5.41, 5.74) is 0. The van der Waals surface area contributed by atoms with Gasteiger partial charge in [-0.05, 0) is 31.8 Å². The van der Waals surface area contributed by atoms with Gasteiger partial charge in [0.15, 0.2) is 0 Å². The molecule has 3 saturated heterocycles. The fraction of sp³-hybridized carbons (Fsp3) is 0.800. The zero-order valence-corrected chi connectivity index (χ0v) is 7.33. The molecule has 0 saturated carbocycles. The van der Waals surface area contributed by atoms with Gasteiger partial charge in [-0.1, -0.05) is 5.92 Å². The minimum atomic E-state index is 0.420. The fourth-order valence-electron chi connectivity index (χ4n) is 2.25. The van der Waals surface area contributed by atoms with E-state index in [1.807, 2.05) is 0 Å². The van der Waals surface area contributed by atoms with Crippen molar-refractivity contribution in [3.8, 4) is 12.3 Å². The third kappa shape index (κ3) is 1.48. The van der Waals surface area contributed by atoms with Crippen LogP contribution < -0.4 is 0 Å². The van der Waals surface area contributed by atoms with Crippen molar-refractivity contribution in [1.29, 1.82) is 0 Å². The van der Waals surface area contributed by atoms with Crippen LogP contribution in [0.3, 0.4) is 0 Å². The fourth-order valence-corrected chi connectivity index (χ4v) is 2.25. The zero-order valence-electron chi connectivity index (χ0n) is 7.33. The second-order valence-corrected chi connectivity index (χ2v) is 3.69. The molecule has 3 heterocycles. The van der Waals surface area contributed by atoms with Crippen molar-refractivity contribution in [1.82, 2.24) is 4.90 Å². The van der Waals surface area contributed by atoms with Crippen molar-refractivity contribution in [2.45, 2.75) is 18.9 Å². The predicted octanol–water partition coefficient (Wildman–Crippen LogP) is 0.730. The van der Waals surface area contributed by atoms with Crippen molar-refractivity contribution in [2.24, 2.45) is 5.92 Å². The molecular weight excluding hydrogens is 150 g/mol. The summed E-state index contributed by atoms with van der Waals surface area (Å²) < 4.78 is 5.59. The van der Waals surface area contributed by atoms with E-state index in [4.69, 9.17) is 11.2 Å². The number of rotatable bonds is 2. The van der Waals surface area contributed by atoms with Crippen LogP contribution in [0.15, 0.2) is 0 Å². The molecule has 0 amide bonds. The molecule has 0 aliphatic carbocycles. The molecule has 3 rings (SSSR count). The summed E-state index contributed by atoms with van der Waals surface area (Å²) in [5, 5.41) is 0.